The summed E-state index contributed by atoms with van der Waals surface area (Å²) in [4.78, 5) is 0. The second kappa shape index (κ2) is 5.45. The standard InChI is InChI=1S/C17H21NO2/c1-17(2,3)14-6-4-5-7-15(14)18-11-12-8-9-13(19)10-16(12)20/h4-10,18-20H,11H2,1-3H3. The van der Waals surface area contributed by atoms with E-state index in [0.717, 1.165) is 11.3 Å². The highest BCUT2D eigenvalue weighted by Gasteiger charge is 2.17. The minimum Gasteiger partial charge on any atom is -0.508 e. The lowest BCUT2D eigenvalue weighted by Gasteiger charge is -2.23. The molecular formula is C17H21NO2. The SMILES string of the molecule is CC(C)(C)c1ccccc1NCc1ccc(O)cc1O. The molecule has 0 saturated heterocycles. The number of hydrogen-bond acceptors (Lipinski definition) is 3. The summed E-state index contributed by atoms with van der Waals surface area (Å²) in [6, 6.07) is 12.8. The smallest absolute Gasteiger partial charge is 0.124 e. The maximum atomic E-state index is 9.80. The highest BCUT2D eigenvalue weighted by molar-refractivity contribution is 5.55. The van der Waals surface area contributed by atoms with E-state index in [1.54, 1.807) is 12.1 Å². The van der Waals surface area contributed by atoms with E-state index in [0.29, 0.717) is 6.54 Å². The van der Waals surface area contributed by atoms with Crippen LogP contribution in [0.2, 0.25) is 0 Å². The van der Waals surface area contributed by atoms with Crippen molar-refractivity contribution < 1.29 is 10.2 Å². The second-order valence-electron chi connectivity index (χ2n) is 5.96. The van der Waals surface area contributed by atoms with E-state index in [1.807, 2.05) is 18.2 Å². The Hall–Kier alpha value is -2.16. The molecule has 20 heavy (non-hydrogen) atoms. The van der Waals surface area contributed by atoms with Crippen LogP contribution < -0.4 is 5.32 Å². The molecule has 0 radical (unpaired) electrons. The number of phenolic OH excluding ortho intramolecular Hbond substituents is 2. The topological polar surface area (TPSA) is 52.5 Å². The van der Waals surface area contributed by atoms with Gasteiger partial charge >= 0.3 is 0 Å². The lowest BCUT2D eigenvalue weighted by atomic mass is 9.86. The predicted molar refractivity (Wildman–Crippen MR) is 82.2 cm³/mol. The molecule has 2 rings (SSSR count). The molecular weight excluding hydrogens is 250 g/mol. The van der Waals surface area contributed by atoms with Crippen LogP contribution in [0.5, 0.6) is 11.5 Å². The van der Waals surface area contributed by atoms with Crippen molar-refractivity contribution in [3.63, 3.8) is 0 Å². The molecule has 0 spiro atoms. The molecule has 0 unspecified atom stereocenters. The zero-order valence-corrected chi connectivity index (χ0v) is 12.1. The van der Waals surface area contributed by atoms with Gasteiger partial charge in [-0.2, -0.15) is 0 Å². The van der Waals surface area contributed by atoms with E-state index < -0.39 is 0 Å². The Balaban J connectivity index is 2.19. The molecule has 2 aromatic rings. The Labute approximate surface area is 119 Å². The van der Waals surface area contributed by atoms with Crippen molar-refractivity contribution in [1.82, 2.24) is 0 Å². The molecule has 0 aliphatic heterocycles. The molecule has 2 aromatic carbocycles. The van der Waals surface area contributed by atoms with Gasteiger partial charge < -0.3 is 15.5 Å². The number of phenols is 2. The number of aromatic hydroxyl groups is 2. The van der Waals surface area contributed by atoms with Gasteiger partial charge in [-0.3, -0.25) is 0 Å². The van der Waals surface area contributed by atoms with Gasteiger partial charge in [-0.15, -0.1) is 0 Å². The first-order chi connectivity index (χ1) is 9.38. The molecule has 3 nitrogen and oxygen atoms in total. The molecule has 0 aliphatic carbocycles. The Morgan fingerprint density at radius 3 is 2.35 bits per heavy atom. The van der Waals surface area contributed by atoms with Gasteiger partial charge in [0.05, 0.1) is 0 Å². The van der Waals surface area contributed by atoms with Gasteiger partial charge in [0.2, 0.25) is 0 Å². The van der Waals surface area contributed by atoms with Crippen LogP contribution in [0, 0.1) is 0 Å². The van der Waals surface area contributed by atoms with E-state index in [1.165, 1.54) is 11.6 Å². The third-order valence-corrected chi connectivity index (χ3v) is 3.27. The van der Waals surface area contributed by atoms with Crippen molar-refractivity contribution in [2.75, 3.05) is 5.32 Å². The number of hydrogen-bond donors (Lipinski definition) is 3. The van der Waals surface area contributed by atoms with Crippen LogP contribution in [0.15, 0.2) is 42.5 Å². The number of para-hydroxylation sites is 1. The minimum atomic E-state index is 0.0561. The van der Waals surface area contributed by atoms with Crippen LogP contribution in [0.1, 0.15) is 31.9 Å². The molecule has 0 atom stereocenters. The highest BCUT2D eigenvalue weighted by atomic mass is 16.3. The summed E-state index contributed by atoms with van der Waals surface area (Å²) in [5, 5.41) is 22.4. The van der Waals surface area contributed by atoms with Gasteiger partial charge in [-0.05, 0) is 29.2 Å². The van der Waals surface area contributed by atoms with Crippen LogP contribution in [0.3, 0.4) is 0 Å². The van der Waals surface area contributed by atoms with E-state index in [9.17, 15) is 10.2 Å². The van der Waals surface area contributed by atoms with Crippen LogP contribution in [-0.2, 0) is 12.0 Å². The summed E-state index contributed by atoms with van der Waals surface area (Å²) < 4.78 is 0. The molecule has 0 amide bonds. The van der Waals surface area contributed by atoms with Gasteiger partial charge in [0, 0.05) is 23.9 Å². The van der Waals surface area contributed by atoms with Crippen LogP contribution in [-0.4, -0.2) is 10.2 Å². The third kappa shape index (κ3) is 3.23. The quantitative estimate of drug-likeness (QED) is 0.790. The minimum absolute atomic E-state index is 0.0561. The fraction of sp³-hybridized carbons (Fsp3) is 0.294. The summed E-state index contributed by atoms with van der Waals surface area (Å²) in [5.41, 5.74) is 3.11. The molecule has 0 aliphatic rings. The van der Waals surface area contributed by atoms with E-state index in [2.05, 4.69) is 32.2 Å². The fourth-order valence-electron chi connectivity index (χ4n) is 2.18. The lowest BCUT2D eigenvalue weighted by molar-refractivity contribution is 0.446. The maximum absolute atomic E-state index is 9.80. The van der Waals surface area contributed by atoms with Crippen molar-refractivity contribution in [2.45, 2.75) is 32.7 Å². The van der Waals surface area contributed by atoms with Crippen molar-refractivity contribution in [2.24, 2.45) is 0 Å². The largest absolute Gasteiger partial charge is 0.508 e. The summed E-state index contributed by atoms with van der Waals surface area (Å²) in [5.74, 6) is 0.173. The Morgan fingerprint density at radius 1 is 1.00 bits per heavy atom. The Kier molecular flexibility index (Phi) is 3.89. The number of nitrogens with one attached hydrogen (secondary N) is 1. The molecule has 0 heterocycles. The molecule has 0 aromatic heterocycles. The van der Waals surface area contributed by atoms with Gasteiger partial charge in [0.25, 0.3) is 0 Å². The van der Waals surface area contributed by atoms with Crippen LogP contribution >= 0.6 is 0 Å². The van der Waals surface area contributed by atoms with Crippen molar-refractivity contribution in [3.8, 4) is 11.5 Å². The maximum Gasteiger partial charge on any atom is 0.124 e. The van der Waals surface area contributed by atoms with E-state index in [-0.39, 0.29) is 16.9 Å². The molecule has 106 valence electrons. The number of anilines is 1. The normalized spacial score (nSPS) is 11.3. The molecule has 0 bridgehead atoms. The summed E-state index contributed by atoms with van der Waals surface area (Å²) in [6.07, 6.45) is 0. The second-order valence-corrected chi connectivity index (χ2v) is 5.96. The summed E-state index contributed by atoms with van der Waals surface area (Å²) in [7, 11) is 0. The zero-order chi connectivity index (χ0) is 14.8. The van der Waals surface area contributed by atoms with Crippen molar-refractivity contribution >= 4 is 5.69 Å². The van der Waals surface area contributed by atoms with Crippen molar-refractivity contribution in [3.05, 3.63) is 53.6 Å². The lowest BCUT2D eigenvalue weighted by Crippen LogP contribution is -2.14. The Morgan fingerprint density at radius 2 is 1.70 bits per heavy atom. The predicted octanol–water partition coefficient (Wildman–Crippen LogP) is 4.01. The van der Waals surface area contributed by atoms with E-state index in [4.69, 9.17) is 0 Å². The monoisotopic (exact) mass is 271 g/mol. The Bertz CT molecular complexity index is 600. The average molecular weight is 271 g/mol. The highest BCUT2D eigenvalue weighted by Crippen LogP contribution is 2.30. The van der Waals surface area contributed by atoms with E-state index >= 15 is 0 Å². The molecule has 3 heteroatoms. The van der Waals surface area contributed by atoms with Gasteiger partial charge in [-0.1, -0.05) is 39.0 Å². The number of benzene rings is 2. The zero-order valence-electron chi connectivity index (χ0n) is 12.1. The molecule has 0 fully saturated rings. The van der Waals surface area contributed by atoms with Gasteiger partial charge in [0.15, 0.2) is 0 Å². The third-order valence-electron chi connectivity index (χ3n) is 3.27. The molecule has 0 saturated carbocycles. The van der Waals surface area contributed by atoms with Gasteiger partial charge in [-0.25, -0.2) is 0 Å². The summed E-state index contributed by atoms with van der Waals surface area (Å²) in [6.45, 7) is 7.03. The average Bonchev–Trinajstić information content (AvgIpc) is 2.37. The van der Waals surface area contributed by atoms with Crippen LogP contribution in [0.4, 0.5) is 5.69 Å². The first-order valence-electron chi connectivity index (χ1n) is 6.72. The first-order valence-corrected chi connectivity index (χ1v) is 6.72. The molecule has 3 N–H and O–H groups in total. The van der Waals surface area contributed by atoms with Crippen LogP contribution in [0.25, 0.3) is 0 Å². The summed E-state index contributed by atoms with van der Waals surface area (Å²) >= 11 is 0. The van der Waals surface area contributed by atoms with Crippen molar-refractivity contribution in [1.29, 1.82) is 0 Å². The van der Waals surface area contributed by atoms with Gasteiger partial charge in [0.1, 0.15) is 11.5 Å². The number of rotatable bonds is 3. The first kappa shape index (κ1) is 14.3. The fourth-order valence-corrected chi connectivity index (χ4v) is 2.18.